The first-order chi connectivity index (χ1) is 12.6. The Bertz CT molecular complexity index is 826. The highest BCUT2D eigenvalue weighted by molar-refractivity contribution is 6.33. The normalized spacial score (nSPS) is 21.1. The first-order valence-electron chi connectivity index (χ1n) is 9.40. The Hall–Kier alpha value is -1.34. The fraction of sp³-hybridized carbons (Fsp3) is 0.526. The minimum absolute atomic E-state index is 0. The van der Waals surface area contributed by atoms with E-state index in [1.165, 1.54) is 6.42 Å². The quantitative estimate of drug-likeness (QED) is 0.738. The number of hydrogen-bond acceptors (Lipinski definition) is 4. The second-order valence-electron chi connectivity index (χ2n) is 7.36. The van der Waals surface area contributed by atoms with Crippen LogP contribution in [0.3, 0.4) is 0 Å². The fourth-order valence-corrected chi connectivity index (χ4v) is 4.16. The summed E-state index contributed by atoms with van der Waals surface area (Å²) in [5.41, 5.74) is 7.48. The van der Waals surface area contributed by atoms with Crippen LogP contribution in [0.5, 0.6) is 0 Å². The molecule has 4 rings (SSSR count). The summed E-state index contributed by atoms with van der Waals surface area (Å²) >= 11 is 6.44. The molecule has 6 nitrogen and oxygen atoms in total. The van der Waals surface area contributed by atoms with Crippen molar-refractivity contribution < 1.29 is 4.79 Å². The van der Waals surface area contributed by atoms with E-state index in [1.54, 1.807) is 0 Å². The van der Waals surface area contributed by atoms with Gasteiger partial charge in [-0.1, -0.05) is 18.0 Å². The van der Waals surface area contributed by atoms with Gasteiger partial charge in [0.2, 0.25) is 5.91 Å². The molecule has 9 heteroatoms. The second-order valence-corrected chi connectivity index (χ2v) is 7.76. The summed E-state index contributed by atoms with van der Waals surface area (Å²) in [6.07, 6.45) is 6.93. The number of carbonyl (C=O) groups is 1. The zero-order valence-corrected chi connectivity index (χ0v) is 18.0. The molecule has 0 radical (unpaired) electrons. The number of amides is 1. The number of fused-ring (bicyclic) bond motifs is 1. The van der Waals surface area contributed by atoms with Gasteiger partial charge in [-0.25, -0.2) is 0 Å². The maximum atomic E-state index is 12.5. The minimum atomic E-state index is -0.00603. The van der Waals surface area contributed by atoms with Crippen molar-refractivity contribution in [3.8, 4) is 11.4 Å². The zero-order chi connectivity index (χ0) is 18.1. The zero-order valence-electron chi connectivity index (χ0n) is 15.6. The Morgan fingerprint density at radius 3 is 2.75 bits per heavy atom. The molecule has 3 N–H and O–H groups in total. The summed E-state index contributed by atoms with van der Waals surface area (Å²) < 4.78 is 2.16. The molecule has 1 aliphatic heterocycles. The molecular formula is C19H26Cl3N5O. The van der Waals surface area contributed by atoms with Gasteiger partial charge in [-0.15, -0.1) is 35.0 Å². The summed E-state index contributed by atoms with van der Waals surface area (Å²) in [4.78, 5) is 12.5. The molecule has 1 aromatic carbocycles. The van der Waals surface area contributed by atoms with Crippen LogP contribution in [0.25, 0.3) is 11.4 Å². The molecule has 2 unspecified atom stereocenters. The number of benzene rings is 1. The van der Waals surface area contributed by atoms with Crippen LogP contribution < -0.4 is 11.1 Å². The van der Waals surface area contributed by atoms with Gasteiger partial charge in [0, 0.05) is 36.2 Å². The summed E-state index contributed by atoms with van der Waals surface area (Å²) in [6, 6.07) is 5.68. The van der Waals surface area contributed by atoms with E-state index in [9.17, 15) is 4.79 Å². The molecular weight excluding hydrogens is 421 g/mol. The van der Waals surface area contributed by atoms with Crippen LogP contribution in [0.4, 0.5) is 5.69 Å². The Balaban J connectivity index is 0.00000140. The maximum absolute atomic E-state index is 12.5. The fourth-order valence-electron chi connectivity index (χ4n) is 3.96. The van der Waals surface area contributed by atoms with Crippen LogP contribution >= 0.6 is 36.4 Å². The number of hydrogen-bond donors (Lipinski definition) is 2. The SMILES string of the molecule is Cl.Cl.NC1CCC(C(=O)Nc2ccc(Cl)c(-c3nnc4n3CCCCC4)c2)C1. The summed E-state index contributed by atoms with van der Waals surface area (Å²) in [5.74, 6) is 1.83. The highest BCUT2D eigenvalue weighted by Crippen LogP contribution is 2.32. The lowest BCUT2D eigenvalue weighted by atomic mass is 10.1. The Labute approximate surface area is 182 Å². The van der Waals surface area contributed by atoms with Crippen LogP contribution in [-0.4, -0.2) is 26.7 Å². The molecule has 2 heterocycles. The van der Waals surface area contributed by atoms with Crippen molar-refractivity contribution >= 4 is 48.0 Å². The third-order valence-electron chi connectivity index (χ3n) is 5.43. The van der Waals surface area contributed by atoms with Gasteiger partial charge >= 0.3 is 0 Å². The Morgan fingerprint density at radius 1 is 1.18 bits per heavy atom. The number of aromatic nitrogens is 3. The lowest BCUT2D eigenvalue weighted by molar-refractivity contribution is -0.119. The number of nitrogens with one attached hydrogen (secondary N) is 1. The van der Waals surface area contributed by atoms with Crippen molar-refractivity contribution in [2.24, 2.45) is 11.7 Å². The second kappa shape index (κ2) is 9.92. The third-order valence-corrected chi connectivity index (χ3v) is 5.76. The van der Waals surface area contributed by atoms with Gasteiger partial charge in [0.1, 0.15) is 5.82 Å². The number of carbonyl (C=O) groups excluding carboxylic acids is 1. The molecule has 1 fully saturated rings. The van der Waals surface area contributed by atoms with E-state index < -0.39 is 0 Å². The minimum Gasteiger partial charge on any atom is -0.328 e. The lowest BCUT2D eigenvalue weighted by Gasteiger charge is -2.13. The van der Waals surface area contributed by atoms with Crippen molar-refractivity contribution in [1.82, 2.24) is 14.8 Å². The predicted octanol–water partition coefficient (Wildman–Crippen LogP) is 4.23. The molecule has 28 heavy (non-hydrogen) atoms. The van der Waals surface area contributed by atoms with Gasteiger partial charge in [0.05, 0.1) is 5.02 Å². The molecule has 1 aliphatic carbocycles. The molecule has 154 valence electrons. The highest BCUT2D eigenvalue weighted by atomic mass is 35.5. The number of nitrogens with two attached hydrogens (primary N) is 1. The van der Waals surface area contributed by atoms with Crippen molar-refractivity contribution in [3.05, 3.63) is 29.0 Å². The van der Waals surface area contributed by atoms with Gasteiger partial charge in [-0.3, -0.25) is 4.79 Å². The molecule has 0 spiro atoms. The highest BCUT2D eigenvalue weighted by Gasteiger charge is 2.28. The van der Waals surface area contributed by atoms with Crippen molar-refractivity contribution in [2.75, 3.05) is 5.32 Å². The largest absolute Gasteiger partial charge is 0.328 e. The molecule has 0 saturated heterocycles. The van der Waals surface area contributed by atoms with Crippen LogP contribution in [0.15, 0.2) is 18.2 Å². The Morgan fingerprint density at radius 2 is 2.00 bits per heavy atom. The van der Waals surface area contributed by atoms with E-state index in [-0.39, 0.29) is 42.7 Å². The van der Waals surface area contributed by atoms with Gasteiger partial charge in [0.15, 0.2) is 5.82 Å². The standard InChI is InChI=1S/C19H24ClN5O.2ClH/c20-16-8-7-14(22-19(26)12-5-6-13(21)10-12)11-15(16)18-24-23-17-4-2-1-3-9-25(17)18;;/h7-8,11-13H,1-6,9-10,21H2,(H,22,26);2*1H. The van der Waals surface area contributed by atoms with Crippen LogP contribution in [0.2, 0.25) is 5.02 Å². The van der Waals surface area contributed by atoms with Gasteiger partial charge < -0.3 is 15.6 Å². The first-order valence-corrected chi connectivity index (χ1v) is 9.78. The molecule has 2 atom stereocenters. The van der Waals surface area contributed by atoms with Gasteiger partial charge in [0.25, 0.3) is 0 Å². The van der Waals surface area contributed by atoms with Gasteiger partial charge in [-0.2, -0.15) is 0 Å². The van der Waals surface area contributed by atoms with E-state index in [0.717, 1.165) is 68.0 Å². The number of nitrogens with zero attached hydrogens (tertiary/aromatic N) is 3. The van der Waals surface area contributed by atoms with Crippen LogP contribution in [0.1, 0.15) is 44.3 Å². The third kappa shape index (κ3) is 4.79. The molecule has 1 saturated carbocycles. The number of halogens is 3. The smallest absolute Gasteiger partial charge is 0.227 e. The van der Waals surface area contributed by atoms with Gasteiger partial charge in [-0.05, 0) is 50.3 Å². The number of rotatable bonds is 3. The van der Waals surface area contributed by atoms with Crippen molar-refractivity contribution in [1.29, 1.82) is 0 Å². The molecule has 0 bridgehead atoms. The molecule has 2 aromatic rings. The maximum Gasteiger partial charge on any atom is 0.227 e. The number of anilines is 1. The topological polar surface area (TPSA) is 85.8 Å². The molecule has 2 aliphatic rings. The van der Waals surface area contributed by atoms with E-state index in [1.807, 2.05) is 18.2 Å². The van der Waals surface area contributed by atoms with Crippen LogP contribution in [-0.2, 0) is 17.8 Å². The number of aryl methyl sites for hydroxylation is 1. The monoisotopic (exact) mass is 445 g/mol. The summed E-state index contributed by atoms with van der Waals surface area (Å²) in [5, 5.41) is 12.4. The Kier molecular flexibility index (Phi) is 8.13. The average Bonchev–Trinajstić information content (AvgIpc) is 3.16. The predicted molar refractivity (Wildman–Crippen MR) is 116 cm³/mol. The molecule has 1 aromatic heterocycles. The average molecular weight is 447 g/mol. The van der Waals surface area contributed by atoms with E-state index in [0.29, 0.717) is 5.02 Å². The summed E-state index contributed by atoms with van der Waals surface area (Å²) in [6.45, 7) is 0.907. The molecule has 1 amide bonds. The first kappa shape index (κ1) is 22.9. The van der Waals surface area contributed by atoms with Crippen molar-refractivity contribution in [3.63, 3.8) is 0 Å². The van der Waals surface area contributed by atoms with Crippen molar-refractivity contribution in [2.45, 2.75) is 57.5 Å². The van der Waals surface area contributed by atoms with Crippen LogP contribution in [0, 0.1) is 5.92 Å². The lowest BCUT2D eigenvalue weighted by Crippen LogP contribution is -2.23. The summed E-state index contributed by atoms with van der Waals surface area (Å²) in [7, 11) is 0. The van der Waals surface area contributed by atoms with E-state index >= 15 is 0 Å². The van der Waals surface area contributed by atoms with E-state index in [4.69, 9.17) is 17.3 Å². The van der Waals surface area contributed by atoms with E-state index in [2.05, 4.69) is 20.1 Å².